The first-order valence-corrected chi connectivity index (χ1v) is 6.87. The number of Topliss-reactive ketones (excluding diaryl/α,β-unsaturated/α-hetero) is 1. The Balaban J connectivity index is 2.12. The fourth-order valence-corrected chi connectivity index (χ4v) is 2.37. The van der Waals surface area contributed by atoms with E-state index in [9.17, 15) is 4.79 Å². The van der Waals surface area contributed by atoms with Gasteiger partial charge in [-0.3, -0.25) is 4.79 Å². The molecule has 0 aliphatic heterocycles. The van der Waals surface area contributed by atoms with Crippen molar-refractivity contribution in [3.8, 4) is 16.8 Å². The van der Waals surface area contributed by atoms with Gasteiger partial charge in [0.15, 0.2) is 5.78 Å². The van der Waals surface area contributed by atoms with Crippen LogP contribution >= 0.6 is 0 Å². The quantitative estimate of drug-likeness (QED) is 0.676. The van der Waals surface area contributed by atoms with Crippen molar-refractivity contribution in [1.29, 1.82) is 0 Å². The Labute approximate surface area is 123 Å². The Morgan fingerprint density at radius 1 is 1.10 bits per heavy atom. The maximum atomic E-state index is 11.4. The zero-order chi connectivity index (χ0) is 14.8. The average molecular weight is 276 g/mol. The van der Waals surface area contributed by atoms with Crippen molar-refractivity contribution in [3.05, 3.63) is 72.1 Å². The largest absolute Gasteiger partial charge is 0.295 e. The summed E-state index contributed by atoms with van der Waals surface area (Å²) in [5.74, 6) is 0.0813. The molecule has 0 bridgehead atoms. The summed E-state index contributed by atoms with van der Waals surface area (Å²) in [5.41, 5.74) is 5.12. The SMILES string of the molecule is CC(=O)c1ccc(-c2ccc(C)cc2-n2cccn2)cc1. The minimum absolute atomic E-state index is 0.0813. The molecule has 1 aromatic heterocycles. The van der Waals surface area contributed by atoms with Crippen LogP contribution < -0.4 is 0 Å². The van der Waals surface area contributed by atoms with Crippen LogP contribution in [0.25, 0.3) is 16.8 Å². The zero-order valence-corrected chi connectivity index (χ0v) is 12.1. The van der Waals surface area contributed by atoms with Crippen molar-refractivity contribution in [1.82, 2.24) is 9.78 Å². The van der Waals surface area contributed by atoms with Crippen LogP contribution in [-0.2, 0) is 0 Å². The van der Waals surface area contributed by atoms with Crippen LogP contribution in [0.5, 0.6) is 0 Å². The van der Waals surface area contributed by atoms with Gasteiger partial charge in [0, 0.05) is 23.5 Å². The summed E-state index contributed by atoms with van der Waals surface area (Å²) in [7, 11) is 0. The second kappa shape index (κ2) is 5.37. The number of carbonyl (C=O) groups excluding carboxylic acids is 1. The normalized spacial score (nSPS) is 10.6. The number of nitrogens with zero attached hydrogens (tertiary/aromatic N) is 2. The number of carbonyl (C=O) groups is 1. The topological polar surface area (TPSA) is 34.9 Å². The van der Waals surface area contributed by atoms with Gasteiger partial charge in [-0.15, -0.1) is 0 Å². The molecule has 3 heteroatoms. The van der Waals surface area contributed by atoms with Crippen molar-refractivity contribution in [2.45, 2.75) is 13.8 Å². The van der Waals surface area contributed by atoms with Gasteiger partial charge in [0.1, 0.15) is 0 Å². The lowest BCUT2D eigenvalue weighted by molar-refractivity contribution is 0.101. The van der Waals surface area contributed by atoms with Crippen LogP contribution in [0.15, 0.2) is 60.9 Å². The summed E-state index contributed by atoms with van der Waals surface area (Å²) in [5, 5.41) is 4.32. The lowest BCUT2D eigenvalue weighted by atomic mass is 10.00. The molecule has 0 atom stereocenters. The molecule has 0 saturated heterocycles. The van der Waals surface area contributed by atoms with Crippen LogP contribution in [0.1, 0.15) is 22.8 Å². The van der Waals surface area contributed by atoms with E-state index in [1.807, 2.05) is 41.2 Å². The van der Waals surface area contributed by atoms with Gasteiger partial charge < -0.3 is 0 Å². The molecule has 104 valence electrons. The van der Waals surface area contributed by atoms with Gasteiger partial charge in [0.2, 0.25) is 0 Å². The molecule has 0 amide bonds. The highest BCUT2D eigenvalue weighted by Gasteiger charge is 2.08. The molecule has 3 nitrogen and oxygen atoms in total. The van der Waals surface area contributed by atoms with E-state index >= 15 is 0 Å². The Bertz CT molecular complexity index is 771. The number of ketones is 1. The Morgan fingerprint density at radius 2 is 1.86 bits per heavy atom. The van der Waals surface area contributed by atoms with E-state index in [-0.39, 0.29) is 5.78 Å². The van der Waals surface area contributed by atoms with E-state index in [0.717, 1.165) is 22.4 Å². The maximum absolute atomic E-state index is 11.4. The maximum Gasteiger partial charge on any atom is 0.159 e. The smallest absolute Gasteiger partial charge is 0.159 e. The predicted molar refractivity (Wildman–Crippen MR) is 83.7 cm³/mol. The zero-order valence-electron chi connectivity index (χ0n) is 12.1. The van der Waals surface area contributed by atoms with Crippen LogP contribution in [0, 0.1) is 6.92 Å². The Morgan fingerprint density at radius 3 is 2.48 bits per heavy atom. The van der Waals surface area contributed by atoms with E-state index < -0.39 is 0 Å². The van der Waals surface area contributed by atoms with Crippen LogP contribution in [0.4, 0.5) is 0 Å². The molecule has 0 unspecified atom stereocenters. The first-order valence-electron chi connectivity index (χ1n) is 6.87. The van der Waals surface area contributed by atoms with Gasteiger partial charge in [-0.1, -0.05) is 36.4 Å². The van der Waals surface area contributed by atoms with Crippen molar-refractivity contribution in [2.24, 2.45) is 0 Å². The molecule has 1 heterocycles. The molecule has 0 radical (unpaired) electrons. The summed E-state index contributed by atoms with van der Waals surface area (Å²) in [6, 6.07) is 15.9. The van der Waals surface area contributed by atoms with Crippen LogP contribution in [0.2, 0.25) is 0 Å². The fraction of sp³-hybridized carbons (Fsp3) is 0.111. The summed E-state index contributed by atoms with van der Waals surface area (Å²) < 4.78 is 1.86. The highest BCUT2D eigenvalue weighted by molar-refractivity contribution is 5.94. The first kappa shape index (κ1) is 13.3. The summed E-state index contributed by atoms with van der Waals surface area (Å²) in [6.07, 6.45) is 3.70. The van der Waals surface area contributed by atoms with Gasteiger partial charge in [-0.05, 0) is 37.1 Å². The van der Waals surface area contributed by atoms with Gasteiger partial charge in [-0.2, -0.15) is 5.10 Å². The first-order chi connectivity index (χ1) is 10.1. The summed E-state index contributed by atoms with van der Waals surface area (Å²) >= 11 is 0. The number of aromatic nitrogens is 2. The monoisotopic (exact) mass is 276 g/mol. The van der Waals surface area contributed by atoms with Crippen molar-refractivity contribution >= 4 is 5.78 Å². The van der Waals surface area contributed by atoms with Crippen LogP contribution in [-0.4, -0.2) is 15.6 Å². The minimum atomic E-state index is 0.0813. The van der Waals surface area contributed by atoms with Gasteiger partial charge >= 0.3 is 0 Å². The standard InChI is InChI=1S/C18H16N2O/c1-13-4-9-17(18(12-13)20-11-3-10-19-20)16-7-5-15(6-8-16)14(2)21/h3-12H,1-2H3. The molecule has 0 saturated carbocycles. The van der Waals surface area contributed by atoms with Crippen molar-refractivity contribution in [3.63, 3.8) is 0 Å². The second-order valence-electron chi connectivity index (χ2n) is 5.10. The van der Waals surface area contributed by atoms with E-state index in [1.165, 1.54) is 5.56 Å². The highest BCUT2D eigenvalue weighted by Crippen LogP contribution is 2.27. The molecule has 3 aromatic rings. The molecule has 3 rings (SSSR count). The molecule has 0 spiro atoms. The number of aryl methyl sites for hydroxylation is 1. The van der Waals surface area contributed by atoms with Crippen molar-refractivity contribution in [2.75, 3.05) is 0 Å². The predicted octanol–water partition coefficient (Wildman–Crippen LogP) is 4.05. The molecule has 0 aliphatic rings. The van der Waals surface area contributed by atoms with Gasteiger partial charge in [0.25, 0.3) is 0 Å². The van der Waals surface area contributed by atoms with E-state index in [1.54, 1.807) is 13.1 Å². The molecule has 21 heavy (non-hydrogen) atoms. The third-order valence-corrected chi connectivity index (χ3v) is 3.51. The van der Waals surface area contributed by atoms with Gasteiger partial charge in [-0.25, -0.2) is 4.68 Å². The molecule has 0 N–H and O–H groups in total. The number of rotatable bonds is 3. The number of hydrogen-bond acceptors (Lipinski definition) is 2. The molecule has 2 aromatic carbocycles. The van der Waals surface area contributed by atoms with Gasteiger partial charge in [0.05, 0.1) is 5.69 Å². The third-order valence-electron chi connectivity index (χ3n) is 3.51. The minimum Gasteiger partial charge on any atom is -0.295 e. The number of hydrogen-bond donors (Lipinski definition) is 0. The Hall–Kier alpha value is -2.68. The fourth-order valence-electron chi connectivity index (χ4n) is 2.37. The highest BCUT2D eigenvalue weighted by atomic mass is 16.1. The van der Waals surface area contributed by atoms with Crippen molar-refractivity contribution < 1.29 is 4.79 Å². The molecule has 0 aliphatic carbocycles. The Kier molecular flexibility index (Phi) is 3.40. The molecular formula is C18H16N2O. The molecular weight excluding hydrogens is 260 g/mol. The molecule has 0 fully saturated rings. The summed E-state index contributed by atoms with van der Waals surface area (Å²) in [6.45, 7) is 3.64. The van der Waals surface area contributed by atoms with E-state index in [0.29, 0.717) is 0 Å². The lowest BCUT2D eigenvalue weighted by Gasteiger charge is -2.11. The van der Waals surface area contributed by atoms with E-state index in [4.69, 9.17) is 0 Å². The van der Waals surface area contributed by atoms with Crippen LogP contribution in [0.3, 0.4) is 0 Å². The number of benzene rings is 2. The summed E-state index contributed by atoms with van der Waals surface area (Å²) in [4.78, 5) is 11.4. The average Bonchev–Trinajstić information content (AvgIpc) is 3.01. The second-order valence-corrected chi connectivity index (χ2v) is 5.10. The third kappa shape index (κ3) is 2.63. The van der Waals surface area contributed by atoms with E-state index in [2.05, 4.69) is 30.2 Å². The lowest BCUT2D eigenvalue weighted by Crippen LogP contribution is -1.98.